The van der Waals surface area contributed by atoms with Crippen LogP contribution >= 0.6 is 11.6 Å². The number of halogens is 1. The SMILES string of the molecule is CC(C)CNC(=O)c1ccccc1NC(=O)COC(=O)c1ccc(Cl)c(S(N)(=O)=O)c1. The molecule has 9 nitrogen and oxygen atoms in total. The van der Waals surface area contributed by atoms with Gasteiger partial charge in [-0.25, -0.2) is 18.4 Å². The van der Waals surface area contributed by atoms with Gasteiger partial charge in [0.15, 0.2) is 6.61 Å². The van der Waals surface area contributed by atoms with Gasteiger partial charge in [0.05, 0.1) is 21.8 Å². The fourth-order valence-electron chi connectivity index (χ4n) is 2.43. The van der Waals surface area contributed by atoms with E-state index in [2.05, 4.69) is 10.6 Å². The fraction of sp³-hybridized carbons (Fsp3) is 0.250. The molecule has 4 N–H and O–H groups in total. The van der Waals surface area contributed by atoms with Gasteiger partial charge in [-0.3, -0.25) is 9.59 Å². The van der Waals surface area contributed by atoms with Gasteiger partial charge in [0.2, 0.25) is 10.0 Å². The molecule has 0 aliphatic heterocycles. The fourth-order valence-corrected chi connectivity index (χ4v) is 3.50. The molecule has 0 saturated heterocycles. The second-order valence-corrected chi connectivity index (χ2v) is 8.90. The van der Waals surface area contributed by atoms with Crippen LogP contribution in [0.25, 0.3) is 0 Å². The van der Waals surface area contributed by atoms with E-state index in [1.54, 1.807) is 24.3 Å². The number of para-hydroxylation sites is 1. The van der Waals surface area contributed by atoms with Crippen LogP contribution < -0.4 is 15.8 Å². The molecule has 0 bridgehead atoms. The lowest BCUT2D eigenvalue weighted by Crippen LogP contribution is -2.29. The first-order chi connectivity index (χ1) is 14.5. The summed E-state index contributed by atoms with van der Waals surface area (Å²) in [4.78, 5) is 36.3. The average Bonchev–Trinajstić information content (AvgIpc) is 2.70. The quantitative estimate of drug-likeness (QED) is 0.507. The van der Waals surface area contributed by atoms with E-state index in [-0.39, 0.29) is 33.7 Å². The highest BCUT2D eigenvalue weighted by Crippen LogP contribution is 2.22. The first-order valence-corrected chi connectivity index (χ1v) is 11.1. The molecule has 2 aromatic rings. The molecule has 2 rings (SSSR count). The summed E-state index contributed by atoms with van der Waals surface area (Å²) in [5.41, 5.74) is 0.376. The van der Waals surface area contributed by atoms with Crippen LogP contribution in [-0.4, -0.2) is 39.4 Å². The van der Waals surface area contributed by atoms with Crippen LogP contribution in [-0.2, 0) is 19.6 Å². The number of benzene rings is 2. The summed E-state index contributed by atoms with van der Waals surface area (Å²) in [5.74, 6) is -1.72. The van der Waals surface area contributed by atoms with Crippen molar-refractivity contribution in [1.82, 2.24) is 5.32 Å². The predicted octanol–water partition coefficient (Wildman–Crippen LogP) is 2.17. The Kier molecular flexibility index (Phi) is 8.14. The molecular weight excluding hydrogens is 446 g/mol. The Bertz CT molecular complexity index is 1100. The van der Waals surface area contributed by atoms with Crippen LogP contribution in [0.3, 0.4) is 0 Å². The van der Waals surface area contributed by atoms with Crippen LogP contribution in [0.1, 0.15) is 34.6 Å². The third-order valence-electron chi connectivity index (χ3n) is 3.92. The van der Waals surface area contributed by atoms with Gasteiger partial charge in [-0.15, -0.1) is 0 Å². The average molecular weight is 468 g/mol. The second-order valence-electron chi connectivity index (χ2n) is 6.96. The third-order valence-corrected chi connectivity index (χ3v) is 5.32. The number of ether oxygens (including phenoxy) is 1. The minimum Gasteiger partial charge on any atom is -0.452 e. The zero-order chi connectivity index (χ0) is 23.2. The van der Waals surface area contributed by atoms with Crippen molar-refractivity contribution in [2.75, 3.05) is 18.5 Å². The lowest BCUT2D eigenvalue weighted by molar-refractivity contribution is -0.119. The Morgan fingerprint density at radius 3 is 2.45 bits per heavy atom. The van der Waals surface area contributed by atoms with Gasteiger partial charge in [0.1, 0.15) is 4.90 Å². The molecule has 11 heteroatoms. The number of rotatable bonds is 8. The first kappa shape index (κ1) is 24.3. The van der Waals surface area contributed by atoms with E-state index in [9.17, 15) is 22.8 Å². The zero-order valence-electron chi connectivity index (χ0n) is 16.8. The largest absolute Gasteiger partial charge is 0.452 e. The highest BCUT2D eigenvalue weighted by molar-refractivity contribution is 7.89. The molecule has 0 aliphatic rings. The van der Waals surface area contributed by atoms with Crippen molar-refractivity contribution < 1.29 is 27.5 Å². The molecule has 31 heavy (non-hydrogen) atoms. The molecule has 0 aromatic heterocycles. The molecule has 2 amide bonds. The molecule has 0 unspecified atom stereocenters. The number of carbonyl (C=O) groups is 3. The smallest absolute Gasteiger partial charge is 0.338 e. The van der Waals surface area contributed by atoms with E-state index < -0.39 is 33.4 Å². The minimum absolute atomic E-state index is 0.144. The second kappa shape index (κ2) is 10.4. The van der Waals surface area contributed by atoms with Gasteiger partial charge in [-0.2, -0.15) is 0 Å². The summed E-state index contributed by atoms with van der Waals surface area (Å²) >= 11 is 5.78. The topological polar surface area (TPSA) is 145 Å². The van der Waals surface area contributed by atoms with Gasteiger partial charge >= 0.3 is 5.97 Å². The number of esters is 1. The van der Waals surface area contributed by atoms with Crippen molar-refractivity contribution in [3.05, 3.63) is 58.6 Å². The molecule has 0 fully saturated rings. The lowest BCUT2D eigenvalue weighted by atomic mass is 10.1. The van der Waals surface area contributed by atoms with Crippen molar-refractivity contribution in [2.24, 2.45) is 11.1 Å². The van der Waals surface area contributed by atoms with Gasteiger partial charge in [-0.05, 0) is 36.2 Å². The molecule has 0 radical (unpaired) electrons. The summed E-state index contributed by atoms with van der Waals surface area (Å²) in [6, 6.07) is 9.79. The van der Waals surface area contributed by atoms with E-state index in [4.69, 9.17) is 21.5 Å². The van der Waals surface area contributed by atoms with Gasteiger partial charge in [-0.1, -0.05) is 37.6 Å². The maximum absolute atomic E-state index is 12.3. The highest BCUT2D eigenvalue weighted by atomic mass is 35.5. The Balaban J connectivity index is 2.03. The van der Waals surface area contributed by atoms with Crippen molar-refractivity contribution in [3.63, 3.8) is 0 Å². The number of hydrogen-bond donors (Lipinski definition) is 3. The van der Waals surface area contributed by atoms with Gasteiger partial charge in [0, 0.05) is 6.54 Å². The summed E-state index contributed by atoms with van der Waals surface area (Å²) in [7, 11) is -4.14. The summed E-state index contributed by atoms with van der Waals surface area (Å²) < 4.78 is 27.9. The van der Waals surface area contributed by atoms with Crippen molar-refractivity contribution in [3.8, 4) is 0 Å². The molecule has 0 atom stereocenters. The number of sulfonamides is 1. The molecule has 0 spiro atoms. The van der Waals surface area contributed by atoms with Crippen LogP contribution in [0.15, 0.2) is 47.4 Å². The summed E-state index contributed by atoms with van der Waals surface area (Å²) in [5, 5.41) is 10.2. The summed E-state index contributed by atoms with van der Waals surface area (Å²) in [6.45, 7) is 3.72. The molecule has 166 valence electrons. The monoisotopic (exact) mass is 467 g/mol. The van der Waals surface area contributed by atoms with Crippen molar-refractivity contribution >= 4 is 45.1 Å². The Morgan fingerprint density at radius 2 is 1.81 bits per heavy atom. The Morgan fingerprint density at radius 1 is 1.13 bits per heavy atom. The normalized spacial score (nSPS) is 11.1. The van der Waals surface area contributed by atoms with Crippen LogP contribution in [0.5, 0.6) is 0 Å². The van der Waals surface area contributed by atoms with Crippen LogP contribution in [0.2, 0.25) is 5.02 Å². The molecule has 0 saturated carbocycles. The van der Waals surface area contributed by atoms with Crippen molar-refractivity contribution in [2.45, 2.75) is 18.7 Å². The zero-order valence-corrected chi connectivity index (χ0v) is 18.4. The molecule has 2 aromatic carbocycles. The maximum atomic E-state index is 12.3. The number of primary sulfonamides is 1. The van der Waals surface area contributed by atoms with E-state index in [1.807, 2.05) is 13.8 Å². The van der Waals surface area contributed by atoms with Gasteiger partial charge in [0.25, 0.3) is 11.8 Å². The van der Waals surface area contributed by atoms with Crippen molar-refractivity contribution in [1.29, 1.82) is 0 Å². The number of amides is 2. The highest BCUT2D eigenvalue weighted by Gasteiger charge is 2.19. The van der Waals surface area contributed by atoms with E-state index in [0.29, 0.717) is 6.54 Å². The Labute approximate surface area is 185 Å². The van der Waals surface area contributed by atoms with E-state index in [1.165, 1.54) is 12.1 Å². The number of carbonyl (C=O) groups excluding carboxylic acids is 3. The predicted molar refractivity (Wildman–Crippen MR) is 115 cm³/mol. The number of nitrogens with two attached hydrogens (primary N) is 1. The number of anilines is 1. The van der Waals surface area contributed by atoms with Crippen LogP contribution in [0, 0.1) is 5.92 Å². The minimum atomic E-state index is -4.14. The van der Waals surface area contributed by atoms with E-state index >= 15 is 0 Å². The maximum Gasteiger partial charge on any atom is 0.338 e. The summed E-state index contributed by atoms with van der Waals surface area (Å²) in [6.07, 6.45) is 0. The first-order valence-electron chi connectivity index (χ1n) is 9.15. The standard InChI is InChI=1S/C20H22ClN3O6S/c1-12(2)10-23-19(26)14-5-3-4-6-16(14)24-18(25)11-30-20(27)13-7-8-15(21)17(9-13)31(22,28)29/h3-9,12H,10-11H2,1-2H3,(H,23,26)(H,24,25)(H2,22,28,29). The molecule has 0 heterocycles. The molecular formula is C20H22ClN3O6S. The Hall–Kier alpha value is -2.95. The number of hydrogen-bond acceptors (Lipinski definition) is 6. The lowest BCUT2D eigenvalue weighted by Gasteiger charge is -2.13. The third kappa shape index (κ3) is 7.06. The number of nitrogens with one attached hydrogen (secondary N) is 2. The molecule has 0 aliphatic carbocycles. The van der Waals surface area contributed by atoms with Gasteiger partial charge < -0.3 is 15.4 Å². The van der Waals surface area contributed by atoms with E-state index in [0.717, 1.165) is 6.07 Å². The van der Waals surface area contributed by atoms with Crippen LogP contribution in [0.4, 0.5) is 5.69 Å².